The minimum atomic E-state index is -4.83. The number of hydrogen-bond acceptors (Lipinski definition) is 4. The van der Waals surface area contributed by atoms with Crippen LogP contribution in [0, 0.1) is 0 Å². The highest BCUT2D eigenvalue weighted by molar-refractivity contribution is 7.89. The summed E-state index contributed by atoms with van der Waals surface area (Å²) in [5, 5.41) is 2.59. The predicted molar refractivity (Wildman–Crippen MR) is 109 cm³/mol. The fourth-order valence-corrected chi connectivity index (χ4v) is 4.21. The maximum absolute atomic E-state index is 13.1. The van der Waals surface area contributed by atoms with E-state index < -0.39 is 38.6 Å². The molecule has 0 unspecified atom stereocenters. The van der Waals surface area contributed by atoms with Crippen molar-refractivity contribution in [3.63, 3.8) is 0 Å². The largest absolute Gasteiger partial charge is 0.417 e. The van der Waals surface area contributed by atoms with Gasteiger partial charge in [0.1, 0.15) is 0 Å². The van der Waals surface area contributed by atoms with Gasteiger partial charge in [-0.05, 0) is 37.6 Å². The van der Waals surface area contributed by atoms with Crippen molar-refractivity contribution in [3.05, 3.63) is 60.2 Å². The van der Waals surface area contributed by atoms with Crippen LogP contribution in [-0.4, -0.2) is 40.5 Å². The molecule has 10 heteroatoms. The number of hydrogen-bond donors (Lipinski definition) is 2. The Bertz CT molecular complexity index is 951. The number of carbonyl (C=O) groups excluding carboxylic acids is 1. The Balaban J connectivity index is 1.90. The van der Waals surface area contributed by atoms with Crippen LogP contribution in [-0.2, 0) is 21.0 Å². The first-order valence-electron chi connectivity index (χ1n) is 9.25. The van der Waals surface area contributed by atoms with E-state index in [9.17, 15) is 26.4 Å². The number of halogens is 3. The van der Waals surface area contributed by atoms with Gasteiger partial charge in [-0.15, -0.1) is 0 Å². The third-order valence-electron chi connectivity index (χ3n) is 4.37. The van der Waals surface area contributed by atoms with E-state index >= 15 is 0 Å². The summed E-state index contributed by atoms with van der Waals surface area (Å²) in [6.45, 7) is 2.23. The van der Waals surface area contributed by atoms with E-state index in [2.05, 4.69) is 5.32 Å². The highest BCUT2D eigenvalue weighted by Gasteiger charge is 2.37. The molecular weight excluding hydrogens is 419 g/mol. The second-order valence-electron chi connectivity index (χ2n) is 6.74. The zero-order valence-corrected chi connectivity index (χ0v) is 17.4. The molecule has 0 aliphatic rings. The number of amides is 1. The Hall–Kier alpha value is -2.59. The van der Waals surface area contributed by atoms with Crippen LogP contribution in [0.3, 0.4) is 0 Å². The maximum Gasteiger partial charge on any atom is 0.417 e. The molecule has 164 valence electrons. The fraction of sp³-hybridized carbons (Fsp3) is 0.350. The van der Waals surface area contributed by atoms with E-state index in [0.717, 1.165) is 17.8 Å². The lowest BCUT2D eigenvalue weighted by Crippen LogP contribution is -2.45. The molecule has 0 saturated carbocycles. The van der Waals surface area contributed by atoms with Crippen LogP contribution in [0.25, 0.3) is 0 Å². The normalized spacial score (nSPS) is 13.0. The molecule has 0 aromatic heterocycles. The van der Waals surface area contributed by atoms with Crippen molar-refractivity contribution in [2.45, 2.75) is 30.5 Å². The number of nitrogens with one attached hydrogen (secondary N) is 2. The molecule has 0 aliphatic heterocycles. The number of nitrogens with zero attached hydrogens (tertiary/aromatic N) is 1. The smallest absolute Gasteiger partial charge is 0.375 e. The molecule has 0 fully saturated rings. The molecule has 2 N–H and O–H groups in total. The first-order valence-corrected chi connectivity index (χ1v) is 10.7. The fourth-order valence-electron chi connectivity index (χ4n) is 2.78. The van der Waals surface area contributed by atoms with Crippen molar-refractivity contribution in [2.75, 3.05) is 25.0 Å². The molecule has 0 radical (unpaired) electrons. The maximum atomic E-state index is 13.1. The first kappa shape index (κ1) is 23.7. The minimum Gasteiger partial charge on any atom is -0.375 e. The van der Waals surface area contributed by atoms with E-state index in [1.165, 1.54) is 13.0 Å². The summed E-state index contributed by atoms with van der Waals surface area (Å²) < 4.78 is 66.1. The summed E-state index contributed by atoms with van der Waals surface area (Å²) >= 11 is 0. The quantitative estimate of drug-likeness (QED) is 0.584. The van der Waals surface area contributed by atoms with Crippen LogP contribution < -0.4 is 14.9 Å². The third-order valence-corrected chi connectivity index (χ3v) is 5.97. The molecule has 1 amide bonds. The van der Waals surface area contributed by atoms with E-state index in [0.29, 0.717) is 25.6 Å². The number of carbonyl (C=O) groups is 1. The lowest BCUT2D eigenvalue weighted by atomic mass is 10.2. The summed E-state index contributed by atoms with van der Waals surface area (Å²) in [6.07, 6.45) is -4.23. The average molecular weight is 443 g/mol. The van der Waals surface area contributed by atoms with Crippen molar-refractivity contribution in [1.29, 1.82) is 0 Å². The van der Waals surface area contributed by atoms with Gasteiger partial charge in [0.2, 0.25) is 15.9 Å². The molecule has 0 bridgehead atoms. The van der Waals surface area contributed by atoms with Crippen molar-refractivity contribution in [3.8, 4) is 0 Å². The van der Waals surface area contributed by atoms with Gasteiger partial charge >= 0.3 is 6.18 Å². The molecule has 0 aliphatic carbocycles. The Morgan fingerprint density at radius 2 is 1.67 bits per heavy atom. The van der Waals surface area contributed by atoms with Crippen molar-refractivity contribution < 1.29 is 26.4 Å². The standard InChI is InChI=1S/C20H24F3N3O3S/c1-15(19(27)24-13-8-14-26(2)16-9-4-3-5-10-16)25-30(28,29)18-12-7-6-11-17(18)20(21,22)23/h3-7,9-12,15,25H,8,13-14H2,1-2H3,(H,24,27)/t15-/m0/s1. The monoisotopic (exact) mass is 443 g/mol. The number of sulfonamides is 1. The average Bonchev–Trinajstić information content (AvgIpc) is 2.70. The van der Waals surface area contributed by atoms with E-state index in [1.807, 2.05) is 47.0 Å². The van der Waals surface area contributed by atoms with Crippen LogP contribution in [0.4, 0.5) is 18.9 Å². The zero-order chi connectivity index (χ0) is 22.4. The summed E-state index contributed by atoms with van der Waals surface area (Å²) in [7, 11) is -2.63. The SMILES string of the molecule is C[C@H](NS(=O)(=O)c1ccccc1C(F)(F)F)C(=O)NCCCN(C)c1ccccc1. The summed E-state index contributed by atoms with van der Waals surface area (Å²) in [5.74, 6) is -0.620. The Morgan fingerprint density at radius 3 is 2.30 bits per heavy atom. The van der Waals surface area contributed by atoms with E-state index in [1.54, 1.807) is 0 Å². The van der Waals surface area contributed by atoms with Crippen LogP contribution in [0.1, 0.15) is 18.9 Å². The van der Waals surface area contributed by atoms with E-state index in [-0.39, 0.29) is 0 Å². The summed E-state index contributed by atoms with van der Waals surface area (Å²) in [5.41, 5.74) is -0.262. The second-order valence-corrected chi connectivity index (χ2v) is 8.42. The topological polar surface area (TPSA) is 78.5 Å². The van der Waals surface area contributed by atoms with Crippen molar-refractivity contribution in [2.24, 2.45) is 0 Å². The zero-order valence-electron chi connectivity index (χ0n) is 16.6. The van der Waals surface area contributed by atoms with Crippen LogP contribution in [0.15, 0.2) is 59.5 Å². The van der Waals surface area contributed by atoms with Crippen LogP contribution in [0.5, 0.6) is 0 Å². The van der Waals surface area contributed by atoms with Crippen molar-refractivity contribution >= 4 is 21.6 Å². The Kier molecular flexibility index (Phi) is 7.85. The highest BCUT2D eigenvalue weighted by atomic mass is 32.2. The molecule has 2 aromatic carbocycles. The minimum absolute atomic E-state index is 0.293. The molecule has 2 rings (SSSR count). The number of benzene rings is 2. The van der Waals surface area contributed by atoms with Gasteiger partial charge in [0.25, 0.3) is 0 Å². The van der Waals surface area contributed by atoms with Crippen LogP contribution in [0.2, 0.25) is 0 Å². The highest BCUT2D eigenvalue weighted by Crippen LogP contribution is 2.33. The van der Waals surface area contributed by atoms with Gasteiger partial charge in [0.15, 0.2) is 0 Å². The number of para-hydroxylation sites is 1. The molecule has 1 atom stereocenters. The summed E-state index contributed by atoms with van der Waals surface area (Å²) in [6, 6.07) is 12.2. The van der Waals surface area contributed by atoms with Gasteiger partial charge in [0, 0.05) is 25.8 Å². The molecule has 6 nitrogen and oxygen atoms in total. The predicted octanol–water partition coefficient (Wildman–Crippen LogP) is 3.01. The molecule has 0 heterocycles. The lowest BCUT2D eigenvalue weighted by Gasteiger charge is -2.20. The molecular formula is C20H24F3N3O3S. The number of rotatable bonds is 9. The third kappa shape index (κ3) is 6.46. The van der Waals surface area contributed by atoms with Crippen molar-refractivity contribution in [1.82, 2.24) is 10.0 Å². The molecule has 30 heavy (non-hydrogen) atoms. The van der Waals surface area contributed by atoms with Gasteiger partial charge in [-0.25, -0.2) is 8.42 Å². The molecule has 0 spiro atoms. The van der Waals surface area contributed by atoms with Gasteiger partial charge in [0.05, 0.1) is 16.5 Å². The Labute approximate surface area is 174 Å². The lowest BCUT2D eigenvalue weighted by molar-refractivity contribution is -0.139. The van der Waals surface area contributed by atoms with E-state index in [4.69, 9.17) is 0 Å². The second kappa shape index (κ2) is 9.94. The molecule has 2 aromatic rings. The molecule has 0 saturated heterocycles. The van der Waals surface area contributed by atoms with Crippen LogP contribution >= 0.6 is 0 Å². The number of anilines is 1. The summed E-state index contributed by atoms with van der Waals surface area (Å²) in [4.78, 5) is 13.3. The van der Waals surface area contributed by atoms with Gasteiger partial charge < -0.3 is 10.2 Å². The van der Waals surface area contributed by atoms with Gasteiger partial charge in [-0.1, -0.05) is 30.3 Å². The first-order chi connectivity index (χ1) is 14.0. The van der Waals surface area contributed by atoms with Gasteiger partial charge in [-0.2, -0.15) is 17.9 Å². The Morgan fingerprint density at radius 1 is 1.07 bits per heavy atom. The van der Waals surface area contributed by atoms with Gasteiger partial charge in [-0.3, -0.25) is 4.79 Å². The number of alkyl halides is 3.